The second-order valence-corrected chi connectivity index (χ2v) is 12.4. The quantitative estimate of drug-likeness (QED) is 0.209. The van der Waals surface area contributed by atoms with Crippen molar-refractivity contribution in [2.24, 2.45) is 7.05 Å². The number of hydrogen-bond donors (Lipinski definition) is 2. The number of carbonyl (C=O) groups is 1. The van der Waals surface area contributed by atoms with Gasteiger partial charge in [0, 0.05) is 70.3 Å². The molecule has 10 nitrogen and oxygen atoms in total. The second kappa shape index (κ2) is 12.6. The van der Waals surface area contributed by atoms with E-state index in [1.165, 1.54) is 17.0 Å². The molecular formula is C34H34F4N8O2. The van der Waals surface area contributed by atoms with Crippen molar-refractivity contribution in [2.45, 2.75) is 25.7 Å². The highest BCUT2D eigenvalue weighted by Gasteiger charge is 2.34. The molecule has 2 aliphatic rings. The number of aromatic nitrogens is 4. The van der Waals surface area contributed by atoms with Crippen LogP contribution in [0.4, 0.5) is 28.0 Å². The number of amides is 2. The number of pyridine rings is 1. The van der Waals surface area contributed by atoms with Gasteiger partial charge in [-0.2, -0.15) is 18.3 Å². The van der Waals surface area contributed by atoms with Crippen LogP contribution in [-0.2, 0) is 32.7 Å². The Bertz CT molecular complexity index is 1980. The predicted molar refractivity (Wildman–Crippen MR) is 172 cm³/mol. The topological polar surface area (TPSA) is 94.5 Å². The van der Waals surface area contributed by atoms with Gasteiger partial charge in [0.2, 0.25) is 0 Å². The molecule has 5 aromatic rings. The van der Waals surface area contributed by atoms with Crippen molar-refractivity contribution in [3.8, 4) is 22.8 Å². The Balaban J connectivity index is 1.06. The fourth-order valence-electron chi connectivity index (χ4n) is 6.24. The third kappa shape index (κ3) is 6.58. The van der Waals surface area contributed by atoms with Gasteiger partial charge < -0.3 is 24.8 Å². The Labute approximate surface area is 273 Å². The number of fused-ring (bicyclic) bond motifs is 2. The Morgan fingerprint density at radius 3 is 2.56 bits per heavy atom. The molecule has 0 unspecified atom stereocenters. The number of benzene rings is 2. The monoisotopic (exact) mass is 662 g/mol. The van der Waals surface area contributed by atoms with E-state index in [2.05, 4.69) is 25.3 Å². The van der Waals surface area contributed by atoms with E-state index < -0.39 is 23.6 Å². The van der Waals surface area contributed by atoms with Crippen LogP contribution in [0, 0.1) is 5.82 Å². The molecule has 2 aromatic carbocycles. The number of halogens is 4. The molecule has 250 valence electrons. The predicted octanol–water partition coefficient (Wildman–Crippen LogP) is 6.25. The van der Waals surface area contributed by atoms with E-state index >= 15 is 4.39 Å². The number of nitrogens with one attached hydrogen (secondary N) is 2. The van der Waals surface area contributed by atoms with Crippen LogP contribution in [0.3, 0.4) is 0 Å². The zero-order valence-corrected chi connectivity index (χ0v) is 26.4. The summed E-state index contributed by atoms with van der Waals surface area (Å²) in [7, 11) is 3.80. The number of rotatable bonds is 6. The third-order valence-corrected chi connectivity index (χ3v) is 8.93. The van der Waals surface area contributed by atoms with Crippen LogP contribution >= 0.6 is 0 Å². The van der Waals surface area contributed by atoms with Crippen molar-refractivity contribution in [3.63, 3.8) is 0 Å². The summed E-state index contributed by atoms with van der Waals surface area (Å²) in [6.45, 7) is 3.75. The number of aryl methyl sites for hydroxylation is 1. The molecule has 0 atom stereocenters. The smallest absolute Gasteiger partial charge is 0.416 e. The number of urea groups is 1. The summed E-state index contributed by atoms with van der Waals surface area (Å²) in [5, 5.41) is 7.30. The SMILES string of the molecule is CN1CCN(Cc2ccc(NC(=O)N3CCc4ccc(Oc5c(F)cnc6[nH]c(-c7cnn(C)c7)cc56)cc4C3)cc2C(F)(F)F)CC1. The number of piperazine rings is 1. The molecule has 0 saturated carbocycles. The second-order valence-electron chi connectivity index (χ2n) is 12.4. The van der Waals surface area contributed by atoms with Crippen LogP contribution < -0.4 is 10.1 Å². The summed E-state index contributed by atoms with van der Waals surface area (Å²) >= 11 is 0. The van der Waals surface area contributed by atoms with Gasteiger partial charge >= 0.3 is 12.2 Å². The Morgan fingerprint density at radius 1 is 1.00 bits per heavy atom. The molecular weight excluding hydrogens is 628 g/mol. The summed E-state index contributed by atoms with van der Waals surface area (Å²) in [4.78, 5) is 26.3. The first-order valence-electron chi connectivity index (χ1n) is 15.6. The van der Waals surface area contributed by atoms with Crippen molar-refractivity contribution >= 4 is 22.8 Å². The molecule has 2 N–H and O–H groups in total. The fourth-order valence-corrected chi connectivity index (χ4v) is 6.24. The van der Waals surface area contributed by atoms with E-state index in [-0.39, 0.29) is 30.1 Å². The molecule has 14 heteroatoms. The van der Waals surface area contributed by atoms with Crippen LogP contribution in [0.15, 0.2) is 61.1 Å². The Kier molecular flexibility index (Phi) is 8.29. The summed E-state index contributed by atoms with van der Waals surface area (Å²) in [6.07, 6.45) is 0.582. The highest BCUT2D eigenvalue weighted by molar-refractivity contribution is 5.90. The molecule has 48 heavy (non-hydrogen) atoms. The van der Waals surface area contributed by atoms with Crippen LogP contribution in [0.25, 0.3) is 22.3 Å². The lowest BCUT2D eigenvalue weighted by atomic mass is 9.99. The van der Waals surface area contributed by atoms with Gasteiger partial charge in [-0.15, -0.1) is 0 Å². The molecule has 5 heterocycles. The largest absolute Gasteiger partial charge is 0.453 e. The number of alkyl halides is 3. The molecule has 0 spiro atoms. The van der Waals surface area contributed by atoms with Gasteiger partial charge in [0.25, 0.3) is 0 Å². The zero-order valence-electron chi connectivity index (χ0n) is 26.4. The number of H-pyrrole nitrogens is 1. The van der Waals surface area contributed by atoms with Gasteiger partial charge in [0.05, 0.1) is 29.0 Å². The average molecular weight is 663 g/mol. The molecule has 0 radical (unpaired) electrons. The minimum absolute atomic E-state index is 0.00767. The van der Waals surface area contributed by atoms with Crippen LogP contribution in [0.2, 0.25) is 0 Å². The number of aromatic amines is 1. The fraction of sp³-hybridized carbons (Fsp3) is 0.324. The van der Waals surface area contributed by atoms with Crippen molar-refractivity contribution in [1.82, 2.24) is 34.4 Å². The first-order valence-corrected chi connectivity index (χ1v) is 15.6. The van der Waals surface area contributed by atoms with Crippen molar-refractivity contribution in [2.75, 3.05) is 45.1 Å². The number of carbonyl (C=O) groups excluding carboxylic acids is 1. The van der Waals surface area contributed by atoms with Gasteiger partial charge in [0.1, 0.15) is 11.4 Å². The van der Waals surface area contributed by atoms with Crippen LogP contribution in [0.1, 0.15) is 22.3 Å². The lowest BCUT2D eigenvalue weighted by Crippen LogP contribution is -2.44. The summed E-state index contributed by atoms with van der Waals surface area (Å²) < 4.78 is 65.0. The van der Waals surface area contributed by atoms with Crippen LogP contribution in [0.5, 0.6) is 11.5 Å². The third-order valence-electron chi connectivity index (χ3n) is 8.93. The highest BCUT2D eigenvalue weighted by atomic mass is 19.4. The number of likely N-dealkylation sites (N-methyl/N-ethyl adjacent to an activating group) is 1. The van der Waals surface area contributed by atoms with Crippen molar-refractivity contribution in [3.05, 3.63) is 89.1 Å². The molecule has 2 amide bonds. The van der Waals surface area contributed by atoms with Gasteiger partial charge in [0.15, 0.2) is 11.6 Å². The minimum atomic E-state index is -4.57. The van der Waals surface area contributed by atoms with Crippen molar-refractivity contribution < 1.29 is 27.1 Å². The van der Waals surface area contributed by atoms with Gasteiger partial charge in [-0.05, 0) is 60.5 Å². The first-order chi connectivity index (χ1) is 23.0. The number of anilines is 1. The molecule has 7 rings (SSSR count). The van der Waals surface area contributed by atoms with Crippen LogP contribution in [-0.4, -0.2) is 80.3 Å². The average Bonchev–Trinajstić information content (AvgIpc) is 3.70. The summed E-state index contributed by atoms with van der Waals surface area (Å²) in [5.41, 5.74) is 3.27. The Morgan fingerprint density at radius 2 is 1.81 bits per heavy atom. The standard InChI is InChI=1S/C34H34F4N8O2/c1-43-9-11-45(12-10-43)19-22-3-5-25(14-28(22)34(36,37)38)41-33(47)46-8-7-21-4-6-26(13-23(21)20-46)48-31-27-15-30(24-16-40-44(2)18-24)42-32(27)39-17-29(31)35/h3-6,13-18H,7-12,19-20H2,1-2H3,(H,39,42)(H,41,47). The minimum Gasteiger partial charge on any atom is -0.453 e. The van der Waals surface area contributed by atoms with Gasteiger partial charge in [-0.25, -0.2) is 14.2 Å². The number of ether oxygens (including phenoxy) is 1. The summed E-state index contributed by atoms with van der Waals surface area (Å²) in [6, 6.07) is 10.6. The maximum absolute atomic E-state index is 15.0. The van der Waals surface area contributed by atoms with Gasteiger partial charge in [-0.1, -0.05) is 12.1 Å². The lowest BCUT2D eigenvalue weighted by Gasteiger charge is -2.33. The molecule has 0 aliphatic carbocycles. The molecule has 2 aliphatic heterocycles. The van der Waals surface area contributed by atoms with Crippen molar-refractivity contribution in [1.29, 1.82) is 0 Å². The van der Waals surface area contributed by atoms with E-state index in [0.29, 0.717) is 48.5 Å². The summed E-state index contributed by atoms with van der Waals surface area (Å²) in [5.74, 6) is -0.253. The number of nitrogens with zero attached hydrogens (tertiary/aromatic N) is 6. The normalized spacial score (nSPS) is 15.9. The zero-order chi connectivity index (χ0) is 33.6. The van der Waals surface area contributed by atoms with E-state index in [1.807, 2.05) is 24.2 Å². The maximum Gasteiger partial charge on any atom is 0.416 e. The Hall–Kier alpha value is -4.95. The van der Waals surface area contributed by atoms with E-state index in [9.17, 15) is 18.0 Å². The number of hydrogen-bond acceptors (Lipinski definition) is 6. The molecule has 3 aromatic heterocycles. The van der Waals surface area contributed by atoms with E-state index in [1.54, 1.807) is 36.1 Å². The molecule has 1 saturated heterocycles. The highest BCUT2D eigenvalue weighted by Crippen LogP contribution is 2.37. The lowest BCUT2D eigenvalue weighted by molar-refractivity contribution is -0.138. The maximum atomic E-state index is 15.0. The van der Waals surface area contributed by atoms with E-state index in [0.717, 1.165) is 42.0 Å². The van der Waals surface area contributed by atoms with Gasteiger partial charge in [-0.3, -0.25) is 9.58 Å². The van der Waals surface area contributed by atoms with E-state index in [4.69, 9.17) is 4.74 Å². The molecule has 0 bridgehead atoms. The first kappa shape index (κ1) is 31.6. The molecule has 1 fully saturated rings.